The van der Waals surface area contributed by atoms with Gasteiger partial charge in [0, 0.05) is 13.2 Å². The lowest BCUT2D eigenvalue weighted by molar-refractivity contribution is -0.134. The lowest BCUT2D eigenvalue weighted by atomic mass is 10.5. The van der Waals surface area contributed by atoms with Crippen molar-refractivity contribution >= 4 is 5.97 Å². The Kier molecular flexibility index (Phi) is 4.82. The predicted molar refractivity (Wildman–Crippen MR) is 33.0 cm³/mol. The molecule has 0 rings (SSSR count). The molecule has 0 aromatic carbocycles. The SMILES string of the molecule is COC/C=C/C(=O)OC. The molecule has 0 saturated carbocycles. The Balaban J connectivity index is 3.32. The highest BCUT2D eigenvalue weighted by atomic mass is 16.5. The number of rotatable bonds is 3. The molecular formula is C6H10O3. The smallest absolute Gasteiger partial charge is 0.330 e. The molecule has 0 radical (unpaired) electrons. The van der Waals surface area contributed by atoms with Crippen molar-refractivity contribution in [2.45, 2.75) is 0 Å². The minimum absolute atomic E-state index is 0.355. The number of methoxy groups -OCH3 is 2. The molecule has 0 heterocycles. The van der Waals surface area contributed by atoms with E-state index in [0.29, 0.717) is 6.61 Å². The molecule has 0 atom stereocenters. The van der Waals surface area contributed by atoms with Gasteiger partial charge >= 0.3 is 5.97 Å². The van der Waals surface area contributed by atoms with Gasteiger partial charge in [0.05, 0.1) is 13.7 Å². The standard InChI is InChI=1S/C6H10O3/c1-8-5-3-4-6(7)9-2/h3-4H,5H2,1-2H3/b4-3+. The van der Waals surface area contributed by atoms with Crippen molar-refractivity contribution in [1.82, 2.24) is 0 Å². The van der Waals surface area contributed by atoms with Crippen molar-refractivity contribution in [2.24, 2.45) is 0 Å². The van der Waals surface area contributed by atoms with Crippen LogP contribution < -0.4 is 0 Å². The molecule has 3 nitrogen and oxygen atoms in total. The van der Waals surface area contributed by atoms with Gasteiger partial charge in [0.2, 0.25) is 0 Å². The first-order valence-electron chi connectivity index (χ1n) is 2.54. The molecular weight excluding hydrogens is 120 g/mol. The third-order valence-electron chi connectivity index (χ3n) is 0.718. The van der Waals surface area contributed by atoms with Crippen LogP contribution in [0.2, 0.25) is 0 Å². The second-order valence-electron chi connectivity index (χ2n) is 1.38. The zero-order valence-corrected chi connectivity index (χ0v) is 5.59. The number of carbonyl (C=O) groups is 1. The normalized spacial score (nSPS) is 10.0. The number of hydrogen-bond acceptors (Lipinski definition) is 3. The van der Waals surface area contributed by atoms with Crippen LogP contribution in [0.25, 0.3) is 0 Å². The lowest BCUT2D eigenvalue weighted by Crippen LogP contribution is -1.94. The molecule has 0 saturated heterocycles. The molecule has 0 amide bonds. The summed E-state index contributed by atoms with van der Waals surface area (Å²) in [5.41, 5.74) is 0. The fraction of sp³-hybridized carbons (Fsp3) is 0.500. The zero-order valence-electron chi connectivity index (χ0n) is 5.59. The largest absolute Gasteiger partial charge is 0.466 e. The van der Waals surface area contributed by atoms with Crippen LogP contribution in [0.3, 0.4) is 0 Å². The molecule has 9 heavy (non-hydrogen) atoms. The summed E-state index contributed by atoms with van der Waals surface area (Å²) < 4.78 is 8.96. The van der Waals surface area contributed by atoms with Gasteiger partial charge in [-0.15, -0.1) is 0 Å². The van der Waals surface area contributed by atoms with Gasteiger partial charge in [-0.05, 0) is 0 Å². The molecule has 0 unspecified atom stereocenters. The van der Waals surface area contributed by atoms with Gasteiger partial charge in [-0.3, -0.25) is 0 Å². The van der Waals surface area contributed by atoms with E-state index in [1.807, 2.05) is 0 Å². The molecule has 0 aromatic rings. The van der Waals surface area contributed by atoms with E-state index in [4.69, 9.17) is 0 Å². The second-order valence-corrected chi connectivity index (χ2v) is 1.38. The summed E-state index contributed by atoms with van der Waals surface area (Å²) in [5, 5.41) is 0. The fourth-order valence-electron chi connectivity index (χ4n) is 0.309. The van der Waals surface area contributed by atoms with Gasteiger partial charge < -0.3 is 9.47 Å². The van der Waals surface area contributed by atoms with Crippen LogP contribution in [0.4, 0.5) is 0 Å². The van der Waals surface area contributed by atoms with Crippen molar-refractivity contribution in [3.8, 4) is 0 Å². The van der Waals surface area contributed by atoms with E-state index in [1.165, 1.54) is 13.2 Å². The van der Waals surface area contributed by atoms with Crippen molar-refractivity contribution in [1.29, 1.82) is 0 Å². The molecule has 52 valence electrons. The van der Waals surface area contributed by atoms with Crippen molar-refractivity contribution < 1.29 is 14.3 Å². The highest BCUT2D eigenvalue weighted by Gasteiger charge is 1.86. The van der Waals surface area contributed by atoms with Crippen molar-refractivity contribution in [3.05, 3.63) is 12.2 Å². The third-order valence-corrected chi connectivity index (χ3v) is 0.718. The van der Waals surface area contributed by atoms with Crippen LogP contribution in [0.5, 0.6) is 0 Å². The Morgan fingerprint density at radius 2 is 2.22 bits per heavy atom. The maximum atomic E-state index is 10.3. The zero-order chi connectivity index (χ0) is 7.11. The molecule has 0 aliphatic rings. The van der Waals surface area contributed by atoms with E-state index in [0.717, 1.165) is 0 Å². The summed E-state index contributed by atoms with van der Waals surface area (Å²) in [5.74, 6) is -0.355. The monoisotopic (exact) mass is 130 g/mol. The highest BCUT2D eigenvalue weighted by molar-refractivity contribution is 5.81. The summed E-state index contributed by atoms with van der Waals surface area (Å²) in [6.07, 6.45) is 2.91. The molecule has 0 spiro atoms. The van der Waals surface area contributed by atoms with Crippen LogP contribution in [0, 0.1) is 0 Å². The number of carbonyl (C=O) groups excluding carboxylic acids is 1. The Bertz CT molecular complexity index is 107. The van der Waals surface area contributed by atoms with E-state index in [1.54, 1.807) is 13.2 Å². The van der Waals surface area contributed by atoms with Crippen molar-refractivity contribution in [2.75, 3.05) is 20.8 Å². The number of hydrogen-bond donors (Lipinski definition) is 0. The summed E-state index contributed by atoms with van der Waals surface area (Å²) in [4.78, 5) is 10.3. The summed E-state index contributed by atoms with van der Waals surface area (Å²) in [7, 11) is 2.89. The first-order chi connectivity index (χ1) is 4.31. The van der Waals surface area contributed by atoms with Crippen LogP contribution in [-0.2, 0) is 14.3 Å². The first-order valence-corrected chi connectivity index (χ1v) is 2.54. The molecule has 0 fully saturated rings. The second kappa shape index (κ2) is 5.31. The maximum Gasteiger partial charge on any atom is 0.330 e. The van der Waals surface area contributed by atoms with Gasteiger partial charge in [-0.25, -0.2) is 4.79 Å². The molecule has 0 bridgehead atoms. The van der Waals surface area contributed by atoms with E-state index >= 15 is 0 Å². The highest BCUT2D eigenvalue weighted by Crippen LogP contribution is 1.77. The van der Waals surface area contributed by atoms with Crippen molar-refractivity contribution in [3.63, 3.8) is 0 Å². The summed E-state index contributed by atoms with van der Waals surface area (Å²) in [6, 6.07) is 0. The van der Waals surface area contributed by atoms with Crippen LogP contribution in [0.1, 0.15) is 0 Å². The Hall–Kier alpha value is -0.830. The minimum atomic E-state index is -0.355. The first kappa shape index (κ1) is 8.17. The van der Waals surface area contributed by atoms with Gasteiger partial charge in [-0.1, -0.05) is 6.08 Å². The average molecular weight is 130 g/mol. The third kappa shape index (κ3) is 5.03. The lowest BCUT2D eigenvalue weighted by Gasteiger charge is -1.88. The van der Waals surface area contributed by atoms with E-state index in [-0.39, 0.29) is 5.97 Å². The fourth-order valence-corrected chi connectivity index (χ4v) is 0.309. The Morgan fingerprint density at radius 3 is 2.67 bits per heavy atom. The van der Waals surface area contributed by atoms with Gasteiger partial charge in [0.1, 0.15) is 0 Å². The van der Waals surface area contributed by atoms with Gasteiger partial charge in [0.25, 0.3) is 0 Å². The summed E-state index contributed by atoms with van der Waals surface area (Å²) in [6.45, 7) is 0.440. The molecule has 0 N–H and O–H groups in total. The molecule has 0 aliphatic heterocycles. The van der Waals surface area contributed by atoms with Gasteiger partial charge in [0.15, 0.2) is 0 Å². The Morgan fingerprint density at radius 1 is 1.56 bits per heavy atom. The quantitative estimate of drug-likeness (QED) is 0.409. The maximum absolute atomic E-state index is 10.3. The molecule has 0 aromatic heterocycles. The van der Waals surface area contributed by atoms with E-state index in [9.17, 15) is 4.79 Å². The van der Waals surface area contributed by atoms with E-state index in [2.05, 4.69) is 9.47 Å². The van der Waals surface area contributed by atoms with Crippen LogP contribution in [0.15, 0.2) is 12.2 Å². The number of esters is 1. The topological polar surface area (TPSA) is 35.5 Å². The Labute approximate surface area is 54.3 Å². The number of ether oxygens (including phenoxy) is 2. The predicted octanol–water partition coefficient (Wildman–Crippen LogP) is 0.362. The van der Waals surface area contributed by atoms with Gasteiger partial charge in [-0.2, -0.15) is 0 Å². The van der Waals surface area contributed by atoms with E-state index < -0.39 is 0 Å². The minimum Gasteiger partial charge on any atom is -0.466 e. The van der Waals surface area contributed by atoms with Crippen LogP contribution in [-0.4, -0.2) is 26.8 Å². The summed E-state index contributed by atoms with van der Waals surface area (Å²) >= 11 is 0. The molecule has 0 aliphatic carbocycles. The van der Waals surface area contributed by atoms with Crippen LogP contribution >= 0.6 is 0 Å². The molecule has 3 heteroatoms. The average Bonchev–Trinajstić information content (AvgIpc) is 1.89.